The van der Waals surface area contributed by atoms with Gasteiger partial charge in [-0.05, 0) is 31.0 Å². The van der Waals surface area contributed by atoms with E-state index in [2.05, 4.69) is 14.9 Å². The van der Waals surface area contributed by atoms with Crippen LogP contribution in [0.1, 0.15) is 28.9 Å². The van der Waals surface area contributed by atoms with E-state index in [-0.39, 0.29) is 12.6 Å². The van der Waals surface area contributed by atoms with E-state index in [1.165, 1.54) is 11.3 Å². The molecule has 0 spiro atoms. The molecule has 3 aromatic rings. The van der Waals surface area contributed by atoms with Gasteiger partial charge in [0.15, 0.2) is 0 Å². The Balaban J connectivity index is 1.46. The zero-order valence-electron chi connectivity index (χ0n) is 14.6. The van der Waals surface area contributed by atoms with Crippen LogP contribution in [0.5, 0.6) is 0 Å². The Bertz CT molecular complexity index is 954. The molecule has 0 radical (unpaired) electrons. The summed E-state index contributed by atoms with van der Waals surface area (Å²) in [5.41, 5.74) is 2.08. The van der Waals surface area contributed by atoms with Gasteiger partial charge in [0.1, 0.15) is 23.0 Å². The summed E-state index contributed by atoms with van der Waals surface area (Å²) >= 11 is 7.71. The molecule has 0 amide bonds. The van der Waals surface area contributed by atoms with Crippen molar-refractivity contribution in [2.45, 2.75) is 19.4 Å². The fraction of sp³-hybridized carbons (Fsp3) is 0.250. The Morgan fingerprint density at radius 1 is 1.19 bits per heavy atom. The van der Waals surface area contributed by atoms with Gasteiger partial charge in [-0.3, -0.25) is 0 Å². The third-order valence-electron chi connectivity index (χ3n) is 4.42. The molecule has 0 unspecified atom stereocenters. The van der Waals surface area contributed by atoms with Gasteiger partial charge in [0.05, 0.1) is 10.7 Å². The van der Waals surface area contributed by atoms with Gasteiger partial charge in [0.25, 0.3) is 0 Å². The van der Waals surface area contributed by atoms with E-state index >= 15 is 0 Å². The summed E-state index contributed by atoms with van der Waals surface area (Å²) in [6.07, 6.45) is 3.95. The molecule has 0 aliphatic carbocycles. The molecule has 27 heavy (non-hydrogen) atoms. The fourth-order valence-electron chi connectivity index (χ4n) is 3.09. The van der Waals surface area contributed by atoms with Gasteiger partial charge in [-0.25, -0.2) is 14.8 Å². The number of aromatic nitrogens is 2. The van der Waals surface area contributed by atoms with E-state index in [4.69, 9.17) is 16.3 Å². The lowest BCUT2D eigenvalue weighted by molar-refractivity contribution is 0.0469. The van der Waals surface area contributed by atoms with Gasteiger partial charge >= 0.3 is 5.97 Å². The van der Waals surface area contributed by atoms with Gasteiger partial charge in [-0.15, -0.1) is 11.3 Å². The number of rotatable bonds is 5. The van der Waals surface area contributed by atoms with Crippen LogP contribution in [-0.4, -0.2) is 29.0 Å². The second-order valence-electron chi connectivity index (χ2n) is 6.27. The predicted octanol–water partition coefficient (Wildman–Crippen LogP) is 4.82. The maximum atomic E-state index is 12.6. The maximum Gasteiger partial charge on any atom is 0.342 e. The van der Waals surface area contributed by atoms with E-state index < -0.39 is 0 Å². The van der Waals surface area contributed by atoms with Crippen LogP contribution in [0, 0.1) is 0 Å². The van der Waals surface area contributed by atoms with Crippen molar-refractivity contribution in [2.75, 3.05) is 18.0 Å². The van der Waals surface area contributed by atoms with Crippen LogP contribution in [0.2, 0.25) is 5.02 Å². The monoisotopic (exact) mass is 399 g/mol. The molecular formula is C20H18ClN3O2S. The molecule has 1 fully saturated rings. The Kier molecular flexibility index (Phi) is 5.36. The van der Waals surface area contributed by atoms with Crippen molar-refractivity contribution in [3.8, 4) is 10.6 Å². The van der Waals surface area contributed by atoms with Crippen LogP contribution in [0.3, 0.4) is 0 Å². The fourth-order valence-corrected chi connectivity index (χ4v) is 4.21. The summed E-state index contributed by atoms with van der Waals surface area (Å²) in [4.78, 5) is 23.7. The average Bonchev–Trinajstić information content (AvgIpc) is 3.39. The number of carbonyl (C=O) groups is 1. The molecular weight excluding hydrogens is 382 g/mol. The minimum atomic E-state index is -0.378. The van der Waals surface area contributed by atoms with Crippen LogP contribution in [0.25, 0.3) is 10.6 Å². The molecule has 2 aromatic heterocycles. The highest BCUT2D eigenvalue weighted by molar-refractivity contribution is 7.13. The molecule has 1 saturated heterocycles. The molecule has 1 aromatic carbocycles. The summed E-state index contributed by atoms with van der Waals surface area (Å²) in [6, 6.07) is 11.1. The molecule has 7 heteroatoms. The maximum absolute atomic E-state index is 12.6. The number of pyridine rings is 1. The molecule has 4 rings (SSSR count). The van der Waals surface area contributed by atoms with Gasteiger partial charge < -0.3 is 9.64 Å². The largest absolute Gasteiger partial charge is 0.455 e. The van der Waals surface area contributed by atoms with Crippen LogP contribution in [0.15, 0.2) is 48.0 Å². The summed E-state index contributed by atoms with van der Waals surface area (Å²) in [5, 5.41) is 3.35. The van der Waals surface area contributed by atoms with Crippen LogP contribution < -0.4 is 4.90 Å². The number of benzene rings is 1. The van der Waals surface area contributed by atoms with Gasteiger partial charge in [-0.2, -0.15) is 0 Å². The smallest absolute Gasteiger partial charge is 0.342 e. The summed E-state index contributed by atoms with van der Waals surface area (Å²) in [7, 11) is 0. The van der Waals surface area contributed by atoms with E-state index in [0.29, 0.717) is 22.1 Å². The number of carbonyl (C=O) groups excluding carboxylic acids is 1. The second kappa shape index (κ2) is 8.06. The molecule has 0 bridgehead atoms. The molecule has 0 atom stereocenters. The number of ether oxygens (including phenoxy) is 1. The van der Waals surface area contributed by atoms with Gasteiger partial charge in [-0.1, -0.05) is 29.8 Å². The third kappa shape index (κ3) is 3.96. The lowest BCUT2D eigenvalue weighted by Gasteiger charge is -2.18. The molecule has 0 N–H and O–H groups in total. The number of hydrogen-bond acceptors (Lipinski definition) is 6. The second-order valence-corrected chi connectivity index (χ2v) is 7.53. The van der Waals surface area contributed by atoms with E-state index in [9.17, 15) is 4.79 Å². The number of anilines is 1. The highest BCUT2D eigenvalue weighted by Gasteiger charge is 2.21. The lowest BCUT2D eigenvalue weighted by Crippen LogP contribution is -2.22. The molecule has 1 aliphatic rings. The topological polar surface area (TPSA) is 55.3 Å². The van der Waals surface area contributed by atoms with Crippen molar-refractivity contribution in [1.29, 1.82) is 0 Å². The lowest BCUT2D eigenvalue weighted by atomic mass is 10.2. The van der Waals surface area contributed by atoms with Crippen molar-refractivity contribution in [3.63, 3.8) is 0 Å². The molecule has 1 aliphatic heterocycles. The predicted molar refractivity (Wildman–Crippen MR) is 107 cm³/mol. The number of halogens is 1. The van der Waals surface area contributed by atoms with Crippen molar-refractivity contribution in [1.82, 2.24) is 9.97 Å². The quantitative estimate of drug-likeness (QED) is 0.576. The molecule has 3 heterocycles. The molecule has 0 saturated carbocycles. The first kappa shape index (κ1) is 17.9. The summed E-state index contributed by atoms with van der Waals surface area (Å²) in [5.74, 6) is 0.326. The summed E-state index contributed by atoms with van der Waals surface area (Å²) in [6.45, 7) is 1.96. The van der Waals surface area contributed by atoms with Crippen LogP contribution in [-0.2, 0) is 11.3 Å². The average molecular weight is 400 g/mol. The molecule has 138 valence electrons. The van der Waals surface area contributed by atoms with E-state index in [1.54, 1.807) is 18.3 Å². The Labute approximate surface area is 166 Å². The first-order valence-corrected chi connectivity index (χ1v) is 10.0. The Hall–Kier alpha value is -2.44. The zero-order valence-corrected chi connectivity index (χ0v) is 16.2. The minimum absolute atomic E-state index is 0.119. The van der Waals surface area contributed by atoms with Crippen molar-refractivity contribution in [2.24, 2.45) is 0 Å². The van der Waals surface area contributed by atoms with Gasteiger partial charge in [0, 0.05) is 30.2 Å². The number of thiazole rings is 1. The zero-order chi connectivity index (χ0) is 18.6. The standard InChI is InChI=1S/C20H18ClN3O2S/c21-17-8-2-1-6-15(17)19-23-14(13-27-19)12-26-20(25)16-7-5-9-22-18(16)24-10-3-4-11-24/h1-2,5-9,13H,3-4,10-12H2. The van der Waals surface area contributed by atoms with Gasteiger partial charge in [0.2, 0.25) is 0 Å². The minimum Gasteiger partial charge on any atom is -0.455 e. The van der Waals surface area contributed by atoms with Crippen LogP contribution >= 0.6 is 22.9 Å². The van der Waals surface area contributed by atoms with E-state index in [0.717, 1.165) is 36.5 Å². The first-order chi connectivity index (χ1) is 13.2. The normalized spacial score (nSPS) is 13.7. The highest BCUT2D eigenvalue weighted by Crippen LogP contribution is 2.30. The third-order valence-corrected chi connectivity index (χ3v) is 5.67. The molecule has 5 nitrogen and oxygen atoms in total. The number of esters is 1. The van der Waals surface area contributed by atoms with E-state index in [1.807, 2.05) is 29.6 Å². The van der Waals surface area contributed by atoms with Crippen molar-refractivity contribution >= 4 is 34.7 Å². The summed E-state index contributed by atoms with van der Waals surface area (Å²) < 4.78 is 5.50. The number of hydrogen-bond donors (Lipinski definition) is 0. The Morgan fingerprint density at radius 2 is 2.00 bits per heavy atom. The SMILES string of the molecule is O=C(OCc1csc(-c2ccccc2Cl)n1)c1cccnc1N1CCCC1. The number of nitrogens with zero attached hydrogens (tertiary/aromatic N) is 3. The highest BCUT2D eigenvalue weighted by atomic mass is 35.5. The van der Waals surface area contributed by atoms with Crippen molar-refractivity contribution in [3.05, 3.63) is 64.3 Å². The van der Waals surface area contributed by atoms with Crippen molar-refractivity contribution < 1.29 is 9.53 Å². The van der Waals surface area contributed by atoms with Crippen LogP contribution in [0.4, 0.5) is 5.82 Å². The first-order valence-electron chi connectivity index (χ1n) is 8.79. The Morgan fingerprint density at radius 3 is 2.81 bits per heavy atom.